The third-order valence-corrected chi connectivity index (χ3v) is 1.99. The zero-order valence-electron chi connectivity index (χ0n) is 7.53. The van der Waals surface area contributed by atoms with E-state index in [2.05, 4.69) is 25.8 Å². The Hall–Kier alpha value is -1.35. The van der Waals surface area contributed by atoms with E-state index in [0.717, 1.165) is 0 Å². The summed E-state index contributed by atoms with van der Waals surface area (Å²) in [6, 6.07) is 3.70. The van der Waals surface area contributed by atoms with Crippen molar-refractivity contribution in [1.82, 2.24) is 9.78 Å². The highest BCUT2D eigenvalue weighted by atomic mass is 79.9. The normalized spacial score (nSPS) is 9.50. The lowest BCUT2D eigenvalue weighted by molar-refractivity contribution is -0.141. The van der Waals surface area contributed by atoms with Crippen molar-refractivity contribution < 1.29 is 9.53 Å². The molecule has 0 amide bonds. The first-order valence-corrected chi connectivity index (χ1v) is 4.62. The van der Waals surface area contributed by atoms with Crippen molar-refractivity contribution >= 4 is 21.9 Å². The van der Waals surface area contributed by atoms with E-state index in [9.17, 15) is 4.79 Å². The quantitative estimate of drug-likeness (QED) is 0.755. The summed E-state index contributed by atoms with van der Waals surface area (Å²) in [7, 11) is 1.31. The second-order valence-electron chi connectivity index (χ2n) is 2.53. The van der Waals surface area contributed by atoms with Crippen molar-refractivity contribution in [3.63, 3.8) is 0 Å². The molecule has 1 heterocycles. The highest BCUT2D eigenvalue weighted by Gasteiger charge is 2.09. The lowest BCUT2D eigenvalue weighted by Crippen LogP contribution is -2.14. The van der Waals surface area contributed by atoms with Gasteiger partial charge in [0, 0.05) is 0 Å². The van der Waals surface area contributed by atoms with Gasteiger partial charge in [-0.3, -0.25) is 9.48 Å². The minimum atomic E-state index is -0.389. The second kappa shape index (κ2) is 4.77. The van der Waals surface area contributed by atoms with Crippen LogP contribution in [0.15, 0.2) is 10.7 Å². The van der Waals surface area contributed by atoms with Gasteiger partial charge in [-0.15, -0.1) is 0 Å². The van der Waals surface area contributed by atoms with Crippen LogP contribution >= 0.6 is 15.9 Å². The van der Waals surface area contributed by atoms with E-state index in [0.29, 0.717) is 10.3 Å². The monoisotopic (exact) mass is 257 g/mol. The largest absolute Gasteiger partial charge is 0.468 e. The van der Waals surface area contributed by atoms with Gasteiger partial charge in [-0.1, -0.05) is 0 Å². The van der Waals surface area contributed by atoms with Crippen molar-refractivity contribution in [3.8, 4) is 6.07 Å². The summed E-state index contributed by atoms with van der Waals surface area (Å²) in [6.45, 7) is 0.0269. The molecular weight excluding hydrogens is 250 g/mol. The SMILES string of the molecule is COC(=O)Cn1nc(Br)cc1CC#N. The van der Waals surface area contributed by atoms with Crippen LogP contribution in [-0.2, 0) is 22.5 Å². The van der Waals surface area contributed by atoms with Crippen molar-refractivity contribution in [1.29, 1.82) is 5.26 Å². The molecule has 0 radical (unpaired) electrons. The van der Waals surface area contributed by atoms with Gasteiger partial charge in [-0.05, 0) is 22.0 Å². The van der Waals surface area contributed by atoms with Gasteiger partial charge in [0.2, 0.25) is 0 Å². The molecule has 0 atom stereocenters. The van der Waals surface area contributed by atoms with Crippen LogP contribution in [0.2, 0.25) is 0 Å². The first-order chi connectivity index (χ1) is 6.67. The minimum absolute atomic E-state index is 0.0269. The van der Waals surface area contributed by atoms with E-state index in [1.807, 2.05) is 6.07 Å². The molecule has 0 aliphatic carbocycles. The molecular formula is C8H8BrN3O2. The molecule has 0 aliphatic rings. The molecule has 6 heteroatoms. The molecule has 0 aliphatic heterocycles. The third-order valence-electron chi connectivity index (χ3n) is 1.60. The molecule has 5 nitrogen and oxygen atoms in total. The van der Waals surface area contributed by atoms with Gasteiger partial charge >= 0.3 is 5.97 Å². The Morgan fingerprint density at radius 2 is 2.57 bits per heavy atom. The van der Waals surface area contributed by atoms with Gasteiger partial charge in [0.1, 0.15) is 11.1 Å². The lowest BCUT2D eigenvalue weighted by Gasteiger charge is -2.02. The molecule has 0 unspecified atom stereocenters. The van der Waals surface area contributed by atoms with E-state index < -0.39 is 0 Å². The molecule has 14 heavy (non-hydrogen) atoms. The number of hydrogen-bond donors (Lipinski definition) is 0. The number of nitrogens with zero attached hydrogens (tertiary/aromatic N) is 3. The summed E-state index contributed by atoms with van der Waals surface area (Å²) in [4.78, 5) is 11.0. The highest BCUT2D eigenvalue weighted by molar-refractivity contribution is 9.10. The maximum absolute atomic E-state index is 11.0. The fraction of sp³-hybridized carbons (Fsp3) is 0.375. The van der Waals surface area contributed by atoms with Gasteiger partial charge in [-0.2, -0.15) is 10.4 Å². The maximum Gasteiger partial charge on any atom is 0.327 e. The van der Waals surface area contributed by atoms with Gasteiger partial charge in [0.05, 0.1) is 25.3 Å². The molecule has 1 aromatic rings. The number of hydrogen-bond acceptors (Lipinski definition) is 4. The van der Waals surface area contributed by atoms with Gasteiger partial charge in [0.15, 0.2) is 0 Å². The Morgan fingerprint density at radius 1 is 1.86 bits per heavy atom. The van der Waals surface area contributed by atoms with E-state index in [-0.39, 0.29) is 18.9 Å². The van der Waals surface area contributed by atoms with Crippen LogP contribution in [0.4, 0.5) is 0 Å². The van der Waals surface area contributed by atoms with Crippen LogP contribution in [0, 0.1) is 11.3 Å². The lowest BCUT2D eigenvalue weighted by atomic mass is 10.3. The molecule has 0 bridgehead atoms. The summed E-state index contributed by atoms with van der Waals surface area (Å²) in [6.07, 6.45) is 0.218. The molecule has 1 aromatic heterocycles. The van der Waals surface area contributed by atoms with Crippen LogP contribution in [-0.4, -0.2) is 22.9 Å². The van der Waals surface area contributed by atoms with Crippen LogP contribution < -0.4 is 0 Å². The molecule has 0 saturated heterocycles. The predicted octanol–water partition coefficient (Wildman–Crippen LogP) is 0.885. The van der Waals surface area contributed by atoms with Crippen LogP contribution in [0.1, 0.15) is 5.69 Å². The van der Waals surface area contributed by atoms with Crippen molar-refractivity contribution in [2.45, 2.75) is 13.0 Å². The second-order valence-corrected chi connectivity index (χ2v) is 3.34. The van der Waals surface area contributed by atoms with E-state index in [1.54, 1.807) is 6.07 Å². The van der Waals surface area contributed by atoms with Crippen LogP contribution in [0.3, 0.4) is 0 Å². The Bertz CT molecular complexity index is 380. The Balaban J connectivity index is 2.85. The number of esters is 1. The number of halogens is 1. The number of methoxy groups -OCH3 is 1. The number of carbonyl (C=O) groups excluding carboxylic acids is 1. The van der Waals surface area contributed by atoms with Crippen LogP contribution in [0.25, 0.3) is 0 Å². The smallest absolute Gasteiger partial charge is 0.327 e. The van der Waals surface area contributed by atoms with Gasteiger partial charge < -0.3 is 4.74 Å². The number of rotatable bonds is 3. The van der Waals surface area contributed by atoms with Crippen molar-refractivity contribution in [2.75, 3.05) is 7.11 Å². The topological polar surface area (TPSA) is 67.9 Å². The number of nitriles is 1. The average Bonchev–Trinajstić information content (AvgIpc) is 2.47. The first-order valence-electron chi connectivity index (χ1n) is 3.83. The maximum atomic E-state index is 11.0. The zero-order chi connectivity index (χ0) is 10.6. The summed E-state index contributed by atoms with van der Waals surface area (Å²) in [5.74, 6) is -0.389. The predicted molar refractivity (Wildman–Crippen MR) is 51.3 cm³/mol. The van der Waals surface area contributed by atoms with Crippen LogP contribution in [0.5, 0.6) is 0 Å². The summed E-state index contributed by atoms with van der Waals surface area (Å²) < 4.78 is 6.55. The first kappa shape index (κ1) is 10.7. The Kier molecular flexibility index (Phi) is 3.65. The summed E-state index contributed by atoms with van der Waals surface area (Å²) in [5.41, 5.74) is 0.685. The average molecular weight is 258 g/mol. The molecule has 1 rings (SSSR count). The van der Waals surface area contributed by atoms with Gasteiger partial charge in [-0.25, -0.2) is 0 Å². The van der Waals surface area contributed by atoms with E-state index >= 15 is 0 Å². The van der Waals surface area contributed by atoms with E-state index in [4.69, 9.17) is 5.26 Å². The zero-order valence-corrected chi connectivity index (χ0v) is 9.11. The number of aromatic nitrogens is 2. The molecule has 0 spiro atoms. The fourth-order valence-electron chi connectivity index (χ4n) is 0.967. The molecule has 0 saturated carbocycles. The molecule has 0 aromatic carbocycles. The molecule has 74 valence electrons. The minimum Gasteiger partial charge on any atom is -0.468 e. The standard InChI is InChI=1S/C8H8BrN3O2/c1-14-8(13)5-12-6(2-3-10)4-7(9)11-12/h4H,2,5H2,1H3. The molecule has 0 N–H and O–H groups in total. The summed E-state index contributed by atoms with van der Waals surface area (Å²) in [5, 5.41) is 12.5. The van der Waals surface area contributed by atoms with E-state index in [1.165, 1.54) is 11.8 Å². The van der Waals surface area contributed by atoms with Crippen molar-refractivity contribution in [2.24, 2.45) is 0 Å². The summed E-state index contributed by atoms with van der Waals surface area (Å²) >= 11 is 3.17. The van der Waals surface area contributed by atoms with Gasteiger partial charge in [0.25, 0.3) is 0 Å². The van der Waals surface area contributed by atoms with Crippen molar-refractivity contribution in [3.05, 3.63) is 16.4 Å². The fourth-order valence-corrected chi connectivity index (χ4v) is 1.42. The third kappa shape index (κ3) is 2.57. The number of ether oxygens (including phenoxy) is 1. The number of carbonyl (C=O) groups is 1. The Morgan fingerprint density at radius 3 is 3.14 bits per heavy atom. The highest BCUT2D eigenvalue weighted by Crippen LogP contribution is 2.11. The molecule has 0 fully saturated rings. The Labute approximate surface area is 89.4 Å².